The molecule has 3 aromatic rings. The lowest BCUT2D eigenvalue weighted by atomic mass is 10.1. The molecule has 3 nitrogen and oxygen atoms in total. The van der Waals surface area contributed by atoms with Crippen molar-refractivity contribution >= 4 is 33.3 Å². The number of aromatic nitrogens is 1. The fourth-order valence-corrected chi connectivity index (χ4v) is 2.74. The van der Waals surface area contributed by atoms with Crippen LogP contribution in [0, 0.1) is 5.82 Å². The first kappa shape index (κ1) is 15.4. The van der Waals surface area contributed by atoms with Gasteiger partial charge in [0.05, 0.1) is 15.8 Å². The van der Waals surface area contributed by atoms with E-state index in [2.05, 4.69) is 9.69 Å². The number of nitrogens with one attached hydrogen (secondary N) is 1. The van der Waals surface area contributed by atoms with Crippen LogP contribution in [-0.4, -0.2) is 10.3 Å². The van der Waals surface area contributed by atoms with Crippen molar-refractivity contribution in [3.8, 4) is 0 Å². The number of rotatable bonds is 2. The zero-order valence-electron chi connectivity index (χ0n) is 11.3. The molecule has 0 saturated carbocycles. The standard InChI is InChI=1S/C15H8F4N2OS/c16-11-4-2-1-3-9(11)14(22)20-13-10-7-8(15(17,18)19)5-6-12(10)23-21-13/h1-7H,(H,20,21,22). The molecule has 0 aliphatic heterocycles. The van der Waals surface area contributed by atoms with Crippen LogP contribution in [-0.2, 0) is 6.18 Å². The van der Waals surface area contributed by atoms with Gasteiger partial charge in [-0.1, -0.05) is 12.1 Å². The van der Waals surface area contributed by atoms with Gasteiger partial charge in [-0.15, -0.1) is 0 Å². The lowest BCUT2D eigenvalue weighted by molar-refractivity contribution is -0.137. The average molecular weight is 340 g/mol. The van der Waals surface area contributed by atoms with Gasteiger partial charge in [0.25, 0.3) is 5.91 Å². The molecule has 3 rings (SSSR count). The maximum atomic E-state index is 13.6. The molecule has 23 heavy (non-hydrogen) atoms. The number of anilines is 1. The highest BCUT2D eigenvalue weighted by atomic mass is 32.1. The monoisotopic (exact) mass is 340 g/mol. The predicted molar refractivity (Wildman–Crippen MR) is 79.0 cm³/mol. The Morgan fingerprint density at radius 3 is 2.57 bits per heavy atom. The molecule has 0 unspecified atom stereocenters. The van der Waals surface area contributed by atoms with Crippen molar-refractivity contribution in [1.29, 1.82) is 0 Å². The number of benzene rings is 2. The topological polar surface area (TPSA) is 42.0 Å². The summed E-state index contributed by atoms with van der Waals surface area (Å²) in [6, 6.07) is 8.46. The third kappa shape index (κ3) is 3.02. The van der Waals surface area contributed by atoms with Crippen LogP contribution in [0.1, 0.15) is 15.9 Å². The lowest BCUT2D eigenvalue weighted by Gasteiger charge is -2.07. The third-order valence-electron chi connectivity index (χ3n) is 3.15. The van der Waals surface area contributed by atoms with Gasteiger partial charge < -0.3 is 5.32 Å². The summed E-state index contributed by atoms with van der Waals surface area (Å²) in [6.45, 7) is 0. The van der Waals surface area contributed by atoms with Crippen LogP contribution in [0.4, 0.5) is 23.4 Å². The van der Waals surface area contributed by atoms with Crippen LogP contribution >= 0.6 is 11.5 Å². The van der Waals surface area contributed by atoms with Crippen molar-refractivity contribution < 1.29 is 22.4 Å². The van der Waals surface area contributed by atoms with E-state index in [1.807, 2.05) is 0 Å². The van der Waals surface area contributed by atoms with E-state index >= 15 is 0 Å². The number of hydrogen-bond acceptors (Lipinski definition) is 3. The molecule has 0 fully saturated rings. The van der Waals surface area contributed by atoms with Crippen LogP contribution in [0.15, 0.2) is 42.5 Å². The normalized spacial score (nSPS) is 11.7. The van der Waals surface area contributed by atoms with Gasteiger partial charge in [0.2, 0.25) is 0 Å². The van der Waals surface area contributed by atoms with Gasteiger partial charge >= 0.3 is 6.18 Å². The maximum Gasteiger partial charge on any atom is 0.416 e. The van der Waals surface area contributed by atoms with Crippen molar-refractivity contribution in [3.63, 3.8) is 0 Å². The second-order valence-corrected chi connectivity index (χ2v) is 5.48. The van der Waals surface area contributed by atoms with E-state index in [4.69, 9.17) is 0 Å². The van der Waals surface area contributed by atoms with Crippen LogP contribution < -0.4 is 5.32 Å². The van der Waals surface area contributed by atoms with E-state index in [0.29, 0.717) is 4.70 Å². The van der Waals surface area contributed by atoms with Crippen LogP contribution in [0.25, 0.3) is 10.1 Å². The van der Waals surface area contributed by atoms with Crippen molar-refractivity contribution in [2.24, 2.45) is 0 Å². The van der Waals surface area contributed by atoms with E-state index < -0.39 is 23.5 Å². The summed E-state index contributed by atoms with van der Waals surface area (Å²) >= 11 is 0.949. The quantitative estimate of drug-likeness (QED) is 0.687. The number of hydrogen-bond donors (Lipinski definition) is 1. The molecule has 118 valence electrons. The summed E-state index contributed by atoms with van der Waals surface area (Å²) in [7, 11) is 0. The van der Waals surface area contributed by atoms with Gasteiger partial charge in [-0.25, -0.2) is 4.39 Å². The fourth-order valence-electron chi connectivity index (χ4n) is 2.03. The summed E-state index contributed by atoms with van der Waals surface area (Å²) in [5.74, 6) is -1.52. The number of carbonyl (C=O) groups is 1. The molecule has 0 radical (unpaired) electrons. The van der Waals surface area contributed by atoms with E-state index in [9.17, 15) is 22.4 Å². The number of amides is 1. The zero-order chi connectivity index (χ0) is 16.6. The van der Waals surface area contributed by atoms with Gasteiger partial charge in [-0.05, 0) is 41.9 Å². The molecule has 0 aliphatic rings. The summed E-state index contributed by atoms with van der Waals surface area (Å²) in [5.41, 5.74) is -1.05. The Bertz CT molecular complexity index is 889. The van der Waals surface area contributed by atoms with E-state index in [-0.39, 0.29) is 16.8 Å². The van der Waals surface area contributed by atoms with Gasteiger partial charge in [0, 0.05) is 5.39 Å². The molecule has 1 aromatic heterocycles. The minimum absolute atomic E-state index is 0.0237. The van der Waals surface area contributed by atoms with Crippen LogP contribution in [0.3, 0.4) is 0 Å². The molecule has 0 atom stereocenters. The first-order valence-electron chi connectivity index (χ1n) is 6.39. The molecule has 8 heteroatoms. The van der Waals surface area contributed by atoms with Gasteiger partial charge in [0.1, 0.15) is 5.82 Å². The molecular formula is C15H8F4N2OS. The summed E-state index contributed by atoms with van der Waals surface area (Å²) in [6.07, 6.45) is -4.50. The van der Waals surface area contributed by atoms with Crippen molar-refractivity contribution in [3.05, 3.63) is 59.4 Å². The Labute approximate surface area is 131 Å². The van der Waals surface area contributed by atoms with Crippen LogP contribution in [0.2, 0.25) is 0 Å². The first-order chi connectivity index (χ1) is 10.9. The minimum Gasteiger partial charge on any atom is -0.305 e. The third-order valence-corrected chi connectivity index (χ3v) is 3.97. The number of fused-ring (bicyclic) bond motifs is 1. The van der Waals surface area contributed by atoms with E-state index in [1.54, 1.807) is 0 Å². The maximum absolute atomic E-state index is 13.6. The van der Waals surface area contributed by atoms with Gasteiger partial charge in [-0.3, -0.25) is 4.79 Å². The van der Waals surface area contributed by atoms with Gasteiger partial charge in [-0.2, -0.15) is 17.5 Å². The number of nitrogens with zero attached hydrogens (tertiary/aromatic N) is 1. The Morgan fingerprint density at radius 2 is 1.87 bits per heavy atom. The number of alkyl halides is 3. The molecule has 1 amide bonds. The summed E-state index contributed by atoms with van der Waals surface area (Å²) in [4.78, 5) is 12.0. The first-order valence-corrected chi connectivity index (χ1v) is 7.16. The molecule has 0 aliphatic carbocycles. The Kier molecular flexibility index (Phi) is 3.77. The number of carbonyl (C=O) groups excluding carboxylic acids is 1. The molecule has 2 aromatic carbocycles. The summed E-state index contributed by atoms with van der Waals surface area (Å²) in [5, 5.41) is 2.52. The molecule has 1 heterocycles. The molecular weight excluding hydrogens is 332 g/mol. The smallest absolute Gasteiger partial charge is 0.305 e. The fraction of sp³-hybridized carbons (Fsp3) is 0.0667. The minimum atomic E-state index is -4.50. The Morgan fingerprint density at radius 1 is 1.13 bits per heavy atom. The average Bonchev–Trinajstić information content (AvgIpc) is 2.89. The van der Waals surface area contributed by atoms with Crippen LogP contribution in [0.5, 0.6) is 0 Å². The Balaban J connectivity index is 1.97. The largest absolute Gasteiger partial charge is 0.416 e. The van der Waals surface area contributed by atoms with Crippen molar-refractivity contribution in [2.75, 3.05) is 5.32 Å². The molecule has 0 spiro atoms. The second kappa shape index (κ2) is 5.62. The zero-order valence-corrected chi connectivity index (χ0v) is 12.1. The van der Waals surface area contributed by atoms with E-state index in [0.717, 1.165) is 29.7 Å². The highest BCUT2D eigenvalue weighted by Gasteiger charge is 2.31. The van der Waals surface area contributed by atoms with Gasteiger partial charge in [0.15, 0.2) is 5.82 Å². The summed E-state index contributed by atoms with van der Waals surface area (Å²) < 4.78 is 56.3. The second-order valence-electron chi connectivity index (χ2n) is 4.67. The number of halogens is 4. The highest BCUT2D eigenvalue weighted by Crippen LogP contribution is 2.35. The highest BCUT2D eigenvalue weighted by molar-refractivity contribution is 7.13. The Hall–Kier alpha value is -2.48. The van der Waals surface area contributed by atoms with E-state index in [1.165, 1.54) is 24.3 Å². The molecule has 1 N–H and O–H groups in total. The molecule has 0 bridgehead atoms. The SMILES string of the molecule is O=C(Nc1nsc2ccc(C(F)(F)F)cc12)c1ccccc1F. The lowest BCUT2D eigenvalue weighted by Crippen LogP contribution is -2.14. The van der Waals surface area contributed by atoms with Crippen molar-refractivity contribution in [2.45, 2.75) is 6.18 Å². The molecule has 0 saturated heterocycles. The predicted octanol–water partition coefficient (Wildman–Crippen LogP) is 4.71. The van der Waals surface area contributed by atoms with Crippen molar-refractivity contribution in [1.82, 2.24) is 4.37 Å².